The summed E-state index contributed by atoms with van der Waals surface area (Å²) in [5.41, 5.74) is 7.00. The van der Waals surface area contributed by atoms with Crippen LogP contribution in [0.2, 0.25) is 0 Å². The summed E-state index contributed by atoms with van der Waals surface area (Å²) in [6.07, 6.45) is 2.59. The molecular weight excluding hydrogens is 338 g/mol. The van der Waals surface area contributed by atoms with E-state index >= 15 is 0 Å². The Bertz CT molecular complexity index is 925. The maximum Gasteiger partial charge on any atom is 0.258 e. The molecule has 1 unspecified atom stereocenters. The summed E-state index contributed by atoms with van der Waals surface area (Å²) in [6, 6.07) is 8.14. The number of nitrogens with one attached hydrogen (secondary N) is 1. The number of hydrogen-bond acceptors (Lipinski definition) is 4. The zero-order valence-corrected chi connectivity index (χ0v) is 15.3. The van der Waals surface area contributed by atoms with Crippen LogP contribution in [-0.4, -0.2) is 34.0 Å². The Morgan fingerprint density at radius 3 is 2.68 bits per heavy atom. The van der Waals surface area contributed by atoms with E-state index in [2.05, 4.69) is 11.6 Å². The van der Waals surface area contributed by atoms with Gasteiger partial charge in [-0.1, -0.05) is 31.9 Å². The zero-order chi connectivity index (χ0) is 18.2. The first kappa shape index (κ1) is 17.8. The van der Waals surface area contributed by atoms with E-state index in [9.17, 15) is 13.2 Å². The van der Waals surface area contributed by atoms with Crippen LogP contribution in [-0.2, 0) is 10.0 Å². The number of rotatable bonds is 7. The van der Waals surface area contributed by atoms with Crippen molar-refractivity contribution in [3.05, 3.63) is 35.9 Å². The Morgan fingerprint density at radius 1 is 1.24 bits per heavy atom. The van der Waals surface area contributed by atoms with Crippen molar-refractivity contribution < 1.29 is 13.2 Å². The highest BCUT2D eigenvalue weighted by molar-refractivity contribution is 7.89. The van der Waals surface area contributed by atoms with Gasteiger partial charge < -0.3 is 10.6 Å². The molecule has 1 heterocycles. The first-order valence-corrected chi connectivity index (χ1v) is 9.95. The van der Waals surface area contributed by atoms with Gasteiger partial charge in [0.2, 0.25) is 10.0 Å². The number of nitrogens with two attached hydrogens (primary N) is 1. The Labute approximate surface area is 148 Å². The van der Waals surface area contributed by atoms with Crippen molar-refractivity contribution in [1.82, 2.24) is 4.72 Å². The van der Waals surface area contributed by atoms with Gasteiger partial charge in [0.1, 0.15) is 0 Å². The fourth-order valence-electron chi connectivity index (χ4n) is 3.30. The SMILES string of the molecule is CCCCC(CN)NS(=O)(=O)c1ccc2c3c(cccc13)C(=O)N2C. The zero-order valence-electron chi connectivity index (χ0n) is 14.5. The topological polar surface area (TPSA) is 92.5 Å². The number of amides is 1. The fourth-order valence-corrected chi connectivity index (χ4v) is 4.79. The predicted molar refractivity (Wildman–Crippen MR) is 99.4 cm³/mol. The Balaban J connectivity index is 2.07. The molecule has 0 fully saturated rings. The second kappa shape index (κ2) is 6.74. The molecule has 0 saturated heterocycles. The molecule has 0 spiro atoms. The lowest BCUT2D eigenvalue weighted by Gasteiger charge is -2.18. The maximum atomic E-state index is 12.9. The van der Waals surface area contributed by atoms with Gasteiger partial charge in [0.05, 0.1) is 10.6 Å². The van der Waals surface area contributed by atoms with Gasteiger partial charge >= 0.3 is 0 Å². The minimum absolute atomic E-state index is 0.120. The van der Waals surface area contributed by atoms with Crippen LogP contribution in [0.25, 0.3) is 10.8 Å². The van der Waals surface area contributed by atoms with Crippen LogP contribution in [0, 0.1) is 0 Å². The standard InChI is InChI=1S/C18H23N3O3S/c1-3-4-6-12(11-19)20-25(23,24)16-10-9-15-17-13(16)7-5-8-14(17)18(22)21(15)2/h5,7-10,12,20H,3-4,6,11,19H2,1-2H3. The van der Waals surface area contributed by atoms with Crippen LogP contribution < -0.4 is 15.4 Å². The Morgan fingerprint density at radius 2 is 2.00 bits per heavy atom. The number of anilines is 1. The maximum absolute atomic E-state index is 12.9. The van der Waals surface area contributed by atoms with Crippen LogP contribution in [0.15, 0.2) is 35.2 Å². The van der Waals surface area contributed by atoms with Gasteiger partial charge in [-0.25, -0.2) is 13.1 Å². The number of hydrogen-bond donors (Lipinski definition) is 2. The average molecular weight is 361 g/mol. The van der Waals surface area contributed by atoms with Crippen LogP contribution in [0.3, 0.4) is 0 Å². The summed E-state index contributed by atoms with van der Waals surface area (Å²) >= 11 is 0. The molecule has 2 aromatic rings. The largest absolute Gasteiger partial charge is 0.329 e. The van der Waals surface area contributed by atoms with E-state index in [-0.39, 0.29) is 23.4 Å². The van der Waals surface area contributed by atoms with Crippen molar-refractivity contribution in [2.24, 2.45) is 5.73 Å². The lowest BCUT2D eigenvalue weighted by molar-refractivity contribution is 0.0999. The highest BCUT2D eigenvalue weighted by Crippen LogP contribution is 2.39. The van der Waals surface area contributed by atoms with E-state index in [1.54, 1.807) is 42.3 Å². The average Bonchev–Trinajstić information content (AvgIpc) is 2.85. The van der Waals surface area contributed by atoms with E-state index in [0.29, 0.717) is 22.8 Å². The molecule has 3 rings (SSSR count). The van der Waals surface area contributed by atoms with E-state index < -0.39 is 10.0 Å². The molecule has 0 aliphatic carbocycles. The molecule has 0 saturated carbocycles. The molecule has 0 radical (unpaired) electrons. The molecule has 1 atom stereocenters. The number of carbonyl (C=O) groups excluding carboxylic acids is 1. The molecule has 7 heteroatoms. The highest BCUT2D eigenvalue weighted by atomic mass is 32.2. The van der Waals surface area contributed by atoms with E-state index in [1.807, 2.05) is 0 Å². The number of benzene rings is 2. The number of sulfonamides is 1. The molecule has 25 heavy (non-hydrogen) atoms. The van der Waals surface area contributed by atoms with Gasteiger partial charge in [0.25, 0.3) is 5.91 Å². The van der Waals surface area contributed by atoms with Crippen LogP contribution >= 0.6 is 0 Å². The summed E-state index contributed by atoms with van der Waals surface area (Å²) in [4.78, 5) is 14.1. The van der Waals surface area contributed by atoms with Crippen LogP contribution in [0.4, 0.5) is 5.69 Å². The van der Waals surface area contributed by atoms with Crippen molar-refractivity contribution >= 4 is 32.4 Å². The van der Waals surface area contributed by atoms with Gasteiger partial charge in [0, 0.05) is 36.0 Å². The molecule has 0 bridgehead atoms. The second-order valence-corrected chi connectivity index (χ2v) is 8.05. The first-order chi connectivity index (χ1) is 11.9. The molecule has 134 valence electrons. The van der Waals surface area contributed by atoms with Gasteiger partial charge in [-0.2, -0.15) is 0 Å². The number of carbonyl (C=O) groups is 1. The lowest BCUT2D eigenvalue weighted by Crippen LogP contribution is -2.40. The van der Waals surface area contributed by atoms with Crippen LogP contribution in [0.1, 0.15) is 36.5 Å². The summed E-state index contributed by atoms with van der Waals surface area (Å²) in [5, 5.41) is 1.25. The molecule has 1 aliphatic rings. The molecule has 0 aromatic heterocycles. The van der Waals surface area contributed by atoms with Gasteiger partial charge in [0.15, 0.2) is 0 Å². The van der Waals surface area contributed by atoms with E-state index in [0.717, 1.165) is 18.5 Å². The van der Waals surface area contributed by atoms with E-state index in [1.165, 1.54) is 0 Å². The third-order valence-corrected chi connectivity index (χ3v) is 6.26. The molecule has 3 N–H and O–H groups in total. The van der Waals surface area contributed by atoms with Crippen molar-refractivity contribution in [3.63, 3.8) is 0 Å². The van der Waals surface area contributed by atoms with Crippen molar-refractivity contribution in [2.45, 2.75) is 37.1 Å². The van der Waals surface area contributed by atoms with Gasteiger partial charge in [-0.3, -0.25) is 4.79 Å². The monoisotopic (exact) mass is 361 g/mol. The van der Waals surface area contributed by atoms with Gasteiger partial charge in [-0.15, -0.1) is 0 Å². The van der Waals surface area contributed by atoms with Crippen LogP contribution in [0.5, 0.6) is 0 Å². The molecule has 6 nitrogen and oxygen atoms in total. The predicted octanol–water partition coefficient (Wildman–Crippen LogP) is 2.23. The molecular formula is C18H23N3O3S. The normalized spacial score (nSPS) is 15.2. The molecule has 2 aromatic carbocycles. The number of unbranched alkanes of at least 4 members (excludes halogenated alkanes) is 1. The lowest BCUT2D eigenvalue weighted by atomic mass is 10.1. The van der Waals surface area contributed by atoms with Crippen molar-refractivity contribution in [3.8, 4) is 0 Å². The minimum atomic E-state index is -3.73. The minimum Gasteiger partial charge on any atom is -0.329 e. The summed E-state index contributed by atoms with van der Waals surface area (Å²) in [5.74, 6) is -0.120. The summed E-state index contributed by atoms with van der Waals surface area (Å²) in [6.45, 7) is 2.31. The van der Waals surface area contributed by atoms with Crippen molar-refractivity contribution in [2.75, 3.05) is 18.5 Å². The first-order valence-electron chi connectivity index (χ1n) is 8.47. The number of nitrogens with zero attached hydrogens (tertiary/aromatic N) is 1. The Kier molecular flexibility index (Phi) is 4.81. The fraction of sp³-hybridized carbons (Fsp3) is 0.389. The summed E-state index contributed by atoms with van der Waals surface area (Å²) < 4.78 is 28.6. The highest BCUT2D eigenvalue weighted by Gasteiger charge is 2.30. The quantitative estimate of drug-likeness (QED) is 0.791. The Hall–Kier alpha value is -1.96. The molecule has 1 amide bonds. The van der Waals surface area contributed by atoms with Gasteiger partial charge in [-0.05, 0) is 24.6 Å². The third kappa shape index (κ3) is 3.03. The van der Waals surface area contributed by atoms with Crippen molar-refractivity contribution in [1.29, 1.82) is 0 Å². The molecule has 1 aliphatic heterocycles. The second-order valence-electron chi connectivity index (χ2n) is 6.37. The third-order valence-electron chi connectivity index (χ3n) is 4.68. The smallest absolute Gasteiger partial charge is 0.258 e. The van der Waals surface area contributed by atoms with E-state index in [4.69, 9.17) is 5.73 Å². The summed E-state index contributed by atoms with van der Waals surface area (Å²) in [7, 11) is -2.04.